The second-order valence-corrected chi connectivity index (χ2v) is 5.89. The molecule has 2 aliphatic heterocycles. The van der Waals surface area contributed by atoms with Crippen molar-refractivity contribution in [3.63, 3.8) is 0 Å². The summed E-state index contributed by atoms with van der Waals surface area (Å²) >= 11 is 0. The molecule has 4 heterocycles. The zero-order valence-corrected chi connectivity index (χ0v) is 13.2. The van der Waals surface area contributed by atoms with Crippen molar-refractivity contribution in [2.45, 2.75) is 13.0 Å². The molecule has 1 fully saturated rings. The maximum atomic E-state index is 12.6. The molecule has 2 aromatic heterocycles. The van der Waals surface area contributed by atoms with Crippen molar-refractivity contribution in [1.82, 2.24) is 15.0 Å². The maximum absolute atomic E-state index is 12.6. The van der Waals surface area contributed by atoms with E-state index in [2.05, 4.69) is 10.1 Å². The molecule has 0 spiro atoms. The van der Waals surface area contributed by atoms with Crippen LogP contribution in [0, 0.1) is 0 Å². The molecule has 0 bridgehead atoms. The molecule has 0 aliphatic carbocycles. The van der Waals surface area contributed by atoms with E-state index in [-0.39, 0.29) is 11.5 Å². The van der Waals surface area contributed by atoms with E-state index in [1.165, 1.54) is 0 Å². The average Bonchev–Trinajstić information content (AvgIpc) is 3.02. The molecule has 1 saturated heterocycles. The minimum Gasteiger partial charge on any atom is -0.381 e. The lowest BCUT2D eigenvalue weighted by atomic mass is 10.1. The van der Waals surface area contributed by atoms with Gasteiger partial charge >= 0.3 is 0 Å². The monoisotopic (exact) mass is 330 g/mol. The highest BCUT2D eigenvalue weighted by Gasteiger charge is 2.25. The zero-order chi connectivity index (χ0) is 16.5. The Labute approximate surface area is 138 Å². The van der Waals surface area contributed by atoms with Gasteiger partial charge < -0.3 is 19.1 Å². The van der Waals surface area contributed by atoms with Crippen LogP contribution >= 0.6 is 0 Å². The number of H-pyrrole nitrogens is 1. The molecule has 1 amide bonds. The number of hydrogen-bond donors (Lipinski definition) is 1. The van der Waals surface area contributed by atoms with Crippen molar-refractivity contribution in [1.29, 1.82) is 0 Å². The number of ether oxygens (including phenoxy) is 1. The van der Waals surface area contributed by atoms with Crippen LogP contribution in [0.2, 0.25) is 0 Å². The lowest BCUT2D eigenvalue weighted by molar-refractivity contribution is 0.0299. The van der Waals surface area contributed by atoms with Crippen LogP contribution in [0.15, 0.2) is 27.5 Å². The average molecular weight is 330 g/mol. The summed E-state index contributed by atoms with van der Waals surface area (Å²) in [5, 5.41) is 2.37. The highest BCUT2D eigenvalue weighted by molar-refractivity contribution is 5.92. The molecule has 0 radical (unpaired) electrons. The zero-order valence-electron chi connectivity index (χ0n) is 13.2. The van der Waals surface area contributed by atoms with E-state index in [1.54, 1.807) is 11.0 Å². The number of fused-ring (bicyclic) bond motifs is 1. The molecular formula is C16H18N4O4. The fourth-order valence-electron chi connectivity index (χ4n) is 3.08. The SMILES string of the molecule is O=C(c1cccc(N2CCc3c(o[nH]c3=O)C2)n1)N1CCOCC1. The van der Waals surface area contributed by atoms with Gasteiger partial charge in [-0.15, -0.1) is 0 Å². The van der Waals surface area contributed by atoms with Gasteiger partial charge in [0.15, 0.2) is 5.76 Å². The summed E-state index contributed by atoms with van der Waals surface area (Å²) in [6.45, 7) is 3.44. The van der Waals surface area contributed by atoms with Crippen LogP contribution in [0.1, 0.15) is 21.8 Å². The van der Waals surface area contributed by atoms with Crippen LogP contribution in [0.3, 0.4) is 0 Å². The van der Waals surface area contributed by atoms with Gasteiger partial charge in [0.2, 0.25) is 0 Å². The van der Waals surface area contributed by atoms with Gasteiger partial charge in [0.1, 0.15) is 11.5 Å². The summed E-state index contributed by atoms with van der Waals surface area (Å²) in [6.07, 6.45) is 0.602. The van der Waals surface area contributed by atoms with Gasteiger partial charge in [-0.1, -0.05) is 6.07 Å². The number of hydrogen-bond acceptors (Lipinski definition) is 6. The topological polar surface area (TPSA) is 91.7 Å². The molecule has 0 aromatic carbocycles. The first kappa shape index (κ1) is 14.9. The molecule has 126 valence electrons. The van der Waals surface area contributed by atoms with Crippen LogP contribution < -0.4 is 10.5 Å². The van der Waals surface area contributed by atoms with Gasteiger partial charge in [-0.25, -0.2) is 4.98 Å². The van der Waals surface area contributed by atoms with Gasteiger partial charge in [0.25, 0.3) is 11.5 Å². The molecule has 4 rings (SSSR count). The van der Waals surface area contributed by atoms with Gasteiger partial charge in [0.05, 0.1) is 25.3 Å². The van der Waals surface area contributed by atoms with Crippen molar-refractivity contribution in [2.75, 3.05) is 37.7 Å². The van der Waals surface area contributed by atoms with E-state index >= 15 is 0 Å². The summed E-state index contributed by atoms with van der Waals surface area (Å²) < 4.78 is 10.5. The molecule has 2 aromatic rings. The summed E-state index contributed by atoms with van der Waals surface area (Å²) in [5.41, 5.74) is 0.969. The Morgan fingerprint density at radius 3 is 2.88 bits per heavy atom. The molecule has 8 heteroatoms. The minimum absolute atomic E-state index is 0.0778. The van der Waals surface area contributed by atoms with Gasteiger partial charge in [-0.3, -0.25) is 9.59 Å². The summed E-state index contributed by atoms with van der Waals surface area (Å²) in [4.78, 5) is 32.4. The third kappa shape index (κ3) is 2.69. The standard InChI is InChI=1S/C16H18N4O4/c21-15-11-4-5-20(10-13(11)24-18-15)14-3-1-2-12(17-14)16(22)19-6-8-23-9-7-19/h1-3H,4-10H2,(H,18,21). The van der Waals surface area contributed by atoms with Crippen LogP contribution in [-0.2, 0) is 17.7 Å². The Hall–Kier alpha value is -2.61. The second-order valence-electron chi connectivity index (χ2n) is 5.89. The van der Waals surface area contributed by atoms with Crippen molar-refractivity contribution in [3.8, 4) is 0 Å². The number of carbonyl (C=O) groups is 1. The summed E-state index contributed by atoms with van der Waals surface area (Å²) in [5.74, 6) is 1.27. The number of anilines is 1. The molecule has 2 aliphatic rings. The third-order valence-corrected chi connectivity index (χ3v) is 4.42. The highest BCUT2D eigenvalue weighted by Crippen LogP contribution is 2.21. The number of rotatable bonds is 2. The number of carbonyl (C=O) groups excluding carboxylic acids is 1. The molecule has 0 unspecified atom stereocenters. The predicted molar refractivity (Wildman–Crippen MR) is 85.0 cm³/mol. The van der Waals surface area contributed by atoms with E-state index < -0.39 is 0 Å². The first-order valence-corrected chi connectivity index (χ1v) is 8.00. The van der Waals surface area contributed by atoms with Crippen LogP contribution in [0.25, 0.3) is 0 Å². The summed E-state index contributed by atoms with van der Waals surface area (Å²) in [7, 11) is 0. The molecule has 0 saturated carbocycles. The molecular weight excluding hydrogens is 312 g/mol. The first-order valence-electron chi connectivity index (χ1n) is 8.00. The van der Waals surface area contributed by atoms with Gasteiger partial charge in [-0.05, 0) is 18.6 Å². The fourth-order valence-corrected chi connectivity index (χ4v) is 3.08. The minimum atomic E-state index is -0.158. The summed E-state index contributed by atoms with van der Waals surface area (Å²) in [6, 6.07) is 5.43. The molecule has 8 nitrogen and oxygen atoms in total. The number of pyridine rings is 1. The number of amides is 1. The Bertz CT molecular complexity index is 806. The first-order chi connectivity index (χ1) is 11.7. The Morgan fingerprint density at radius 2 is 2.04 bits per heavy atom. The van der Waals surface area contributed by atoms with E-state index in [1.807, 2.05) is 17.0 Å². The number of nitrogens with one attached hydrogen (secondary N) is 1. The van der Waals surface area contributed by atoms with Crippen molar-refractivity contribution >= 4 is 11.7 Å². The molecule has 24 heavy (non-hydrogen) atoms. The Kier molecular flexibility index (Phi) is 3.81. The van der Waals surface area contributed by atoms with Crippen LogP contribution in [-0.4, -0.2) is 53.8 Å². The van der Waals surface area contributed by atoms with E-state index in [4.69, 9.17) is 9.26 Å². The van der Waals surface area contributed by atoms with Gasteiger partial charge in [-0.2, -0.15) is 5.16 Å². The Balaban J connectivity index is 1.54. The highest BCUT2D eigenvalue weighted by atomic mass is 16.5. The van der Waals surface area contributed by atoms with Crippen molar-refractivity contribution in [2.24, 2.45) is 0 Å². The third-order valence-electron chi connectivity index (χ3n) is 4.42. The lowest BCUT2D eigenvalue weighted by Gasteiger charge is -2.28. The van der Waals surface area contributed by atoms with Crippen LogP contribution in [0.4, 0.5) is 5.82 Å². The van der Waals surface area contributed by atoms with Crippen molar-refractivity contribution in [3.05, 3.63) is 45.6 Å². The lowest BCUT2D eigenvalue weighted by Crippen LogP contribution is -2.41. The van der Waals surface area contributed by atoms with Gasteiger partial charge in [0, 0.05) is 19.6 Å². The van der Waals surface area contributed by atoms with Crippen LogP contribution in [0.5, 0.6) is 0 Å². The number of nitrogens with zero attached hydrogens (tertiary/aromatic N) is 3. The van der Waals surface area contributed by atoms with E-state index in [0.717, 1.165) is 0 Å². The largest absolute Gasteiger partial charge is 0.381 e. The molecule has 0 atom stereocenters. The quantitative estimate of drug-likeness (QED) is 0.857. The number of morpholine rings is 1. The molecule has 1 N–H and O–H groups in total. The van der Waals surface area contributed by atoms with E-state index in [0.29, 0.717) is 68.6 Å². The second kappa shape index (κ2) is 6.12. The smallest absolute Gasteiger partial charge is 0.283 e. The predicted octanol–water partition coefficient (Wildman–Crippen LogP) is 0.398. The fraction of sp³-hybridized carbons (Fsp3) is 0.438. The normalized spacial score (nSPS) is 17.7. The number of aromatic amines is 1. The number of aromatic nitrogens is 2. The van der Waals surface area contributed by atoms with Crippen molar-refractivity contribution < 1.29 is 14.1 Å². The Morgan fingerprint density at radius 1 is 1.21 bits per heavy atom. The maximum Gasteiger partial charge on any atom is 0.283 e. The van der Waals surface area contributed by atoms with E-state index in [9.17, 15) is 9.59 Å².